The van der Waals surface area contributed by atoms with Gasteiger partial charge in [-0.05, 0) is 56.0 Å². The number of nitrogens with two attached hydrogens (primary N) is 1. The fraction of sp³-hybridized carbons (Fsp3) is 0.304. The first-order valence-electron chi connectivity index (χ1n) is 10.2. The van der Waals surface area contributed by atoms with Gasteiger partial charge in [0.2, 0.25) is 0 Å². The quantitative estimate of drug-likeness (QED) is 0.532. The normalized spacial score (nSPS) is 21.5. The zero-order valence-corrected chi connectivity index (χ0v) is 17.0. The third-order valence-electron chi connectivity index (χ3n) is 6.32. The predicted octanol–water partition coefficient (Wildman–Crippen LogP) is 4.28. The summed E-state index contributed by atoms with van der Waals surface area (Å²) in [5, 5.41) is 8.79. The van der Waals surface area contributed by atoms with Gasteiger partial charge >= 0.3 is 0 Å². The van der Waals surface area contributed by atoms with Gasteiger partial charge in [0, 0.05) is 35.9 Å². The summed E-state index contributed by atoms with van der Waals surface area (Å²) in [6.07, 6.45) is 7.41. The molecule has 0 saturated heterocycles. The van der Waals surface area contributed by atoms with E-state index in [-0.39, 0.29) is 11.6 Å². The molecule has 0 aliphatic heterocycles. The average molecular weight is 405 g/mol. The van der Waals surface area contributed by atoms with Crippen LogP contribution in [0.1, 0.15) is 36.5 Å². The van der Waals surface area contributed by atoms with Crippen molar-refractivity contribution in [3.8, 4) is 11.1 Å². The second kappa shape index (κ2) is 6.58. The number of alkyl halides is 1. The van der Waals surface area contributed by atoms with Crippen LogP contribution >= 0.6 is 0 Å². The van der Waals surface area contributed by atoms with Gasteiger partial charge in [-0.3, -0.25) is 4.79 Å². The van der Waals surface area contributed by atoms with Crippen molar-refractivity contribution in [1.82, 2.24) is 14.2 Å². The lowest BCUT2D eigenvalue weighted by molar-refractivity contribution is 0.1000. The van der Waals surface area contributed by atoms with Crippen molar-refractivity contribution in [2.75, 3.05) is 5.32 Å². The first-order chi connectivity index (χ1) is 14.3. The van der Waals surface area contributed by atoms with E-state index in [9.17, 15) is 9.18 Å². The summed E-state index contributed by atoms with van der Waals surface area (Å²) in [7, 11) is 2.02. The molecular formula is C23H24FN5O. The van der Waals surface area contributed by atoms with Crippen molar-refractivity contribution in [3.05, 3.63) is 54.5 Å². The molecule has 6 nitrogen and oxygen atoms in total. The number of benzene rings is 1. The van der Waals surface area contributed by atoms with Gasteiger partial charge in [-0.25, -0.2) is 8.91 Å². The number of carbonyl (C=O) groups excluding carboxylic acids is 1. The fourth-order valence-corrected chi connectivity index (χ4v) is 4.54. The zero-order valence-electron chi connectivity index (χ0n) is 17.0. The Morgan fingerprint density at radius 2 is 2.10 bits per heavy atom. The number of nitrogens with one attached hydrogen (secondary N) is 1. The third-order valence-corrected chi connectivity index (χ3v) is 6.32. The van der Waals surface area contributed by atoms with Crippen LogP contribution in [0.15, 0.2) is 48.9 Å². The second-order valence-corrected chi connectivity index (χ2v) is 8.42. The van der Waals surface area contributed by atoms with Gasteiger partial charge in [-0.15, -0.1) is 0 Å². The molecule has 1 aliphatic rings. The summed E-state index contributed by atoms with van der Waals surface area (Å²) in [4.78, 5) is 12.1. The van der Waals surface area contributed by atoms with E-state index in [1.165, 1.54) is 6.20 Å². The molecule has 0 spiro atoms. The molecule has 0 radical (unpaired) electrons. The van der Waals surface area contributed by atoms with Crippen molar-refractivity contribution in [1.29, 1.82) is 0 Å². The molecule has 30 heavy (non-hydrogen) atoms. The fourth-order valence-electron chi connectivity index (χ4n) is 4.54. The molecular weight excluding hydrogens is 381 g/mol. The molecule has 1 aromatic carbocycles. The smallest absolute Gasteiger partial charge is 0.252 e. The summed E-state index contributed by atoms with van der Waals surface area (Å²) >= 11 is 0. The van der Waals surface area contributed by atoms with Crippen LogP contribution in [-0.4, -0.2) is 31.8 Å². The molecule has 1 fully saturated rings. The Morgan fingerprint density at radius 1 is 1.27 bits per heavy atom. The van der Waals surface area contributed by atoms with Crippen LogP contribution in [-0.2, 0) is 7.05 Å². The summed E-state index contributed by atoms with van der Waals surface area (Å²) in [5.74, 6) is -0.584. The van der Waals surface area contributed by atoms with E-state index in [1.54, 1.807) is 11.4 Å². The van der Waals surface area contributed by atoms with Crippen molar-refractivity contribution in [3.63, 3.8) is 0 Å². The molecule has 1 amide bonds. The number of primary amides is 1. The Morgan fingerprint density at radius 3 is 2.83 bits per heavy atom. The number of hydrogen-bond donors (Lipinski definition) is 2. The Balaban J connectivity index is 1.63. The van der Waals surface area contributed by atoms with Crippen molar-refractivity contribution in [2.45, 2.75) is 37.9 Å². The van der Waals surface area contributed by atoms with Gasteiger partial charge in [-0.1, -0.05) is 6.07 Å². The number of halogens is 1. The molecule has 4 aromatic rings. The molecule has 3 aromatic heterocycles. The van der Waals surface area contributed by atoms with Crippen LogP contribution in [0.25, 0.3) is 27.5 Å². The van der Waals surface area contributed by atoms with E-state index in [1.807, 2.05) is 25.5 Å². The molecule has 2 atom stereocenters. The molecule has 0 unspecified atom stereocenters. The summed E-state index contributed by atoms with van der Waals surface area (Å²) < 4.78 is 18.7. The minimum absolute atomic E-state index is 0.272. The lowest BCUT2D eigenvalue weighted by atomic mass is 10.0. The number of aromatic nitrogens is 3. The Bertz CT molecular complexity index is 1290. The van der Waals surface area contributed by atoms with Gasteiger partial charge < -0.3 is 15.6 Å². The highest BCUT2D eigenvalue weighted by Crippen LogP contribution is 2.37. The minimum atomic E-state index is -1.33. The number of nitrogens with zero attached hydrogens (tertiary/aromatic N) is 3. The molecule has 1 saturated carbocycles. The van der Waals surface area contributed by atoms with E-state index in [4.69, 9.17) is 5.73 Å². The van der Waals surface area contributed by atoms with Crippen LogP contribution < -0.4 is 11.1 Å². The van der Waals surface area contributed by atoms with E-state index in [0.717, 1.165) is 28.5 Å². The van der Waals surface area contributed by atoms with Gasteiger partial charge in [0.15, 0.2) is 0 Å². The number of anilines is 1. The number of rotatable bonds is 4. The topological polar surface area (TPSA) is 77.3 Å². The Kier molecular flexibility index (Phi) is 4.10. The minimum Gasteiger partial charge on any atom is -0.377 e. The van der Waals surface area contributed by atoms with E-state index in [2.05, 4.69) is 39.2 Å². The van der Waals surface area contributed by atoms with Crippen LogP contribution in [0, 0.1) is 0 Å². The Hall–Kier alpha value is -3.35. The molecule has 1 aliphatic carbocycles. The standard InChI is InChI=1S/C23H24FN5O/c1-23(24)8-3-4-20(23)27-21-17(22(25)30)12-26-29-13-16(11-19(21)29)14-5-6-18-15(10-14)7-9-28(18)2/h5-7,9-13,20,27H,3-4,8H2,1-2H3,(H2,25,30)/t20-,23+/m1/s1. The lowest BCUT2D eigenvalue weighted by Gasteiger charge is -2.26. The van der Waals surface area contributed by atoms with E-state index < -0.39 is 11.6 Å². The number of amides is 1. The van der Waals surface area contributed by atoms with Crippen molar-refractivity contribution < 1.29 is 9.18 Å². The van der Waals surface area contributed by atoms with Gasteiger partial charge in [0.25, 0.3) is 5.91 Å². The first-order valence-corrected chi connectivity index (χ1v) is 10.2. The van der Waals surface area contributed by atoms with Gasteiger partial charge in [0.05, 0.1) is 29.0 Å². The number of aryl methyl sites for hydroxylation is 1. The molecule has 0 bridgehead atoms. The van der Waals surface area contributed by atoms with Crippen LogP contribution in [0.3, 0.4) is 0 Å². The van der Waals surface area contributed by atoms with Crippen molar-refractivity contribution in [2.24, 2.45) is 12.8 Å². The van der Waals surface area contributed by atoms with Crippen molar-refractivity contribution >= 4 is 28.0 Å². The zero-order chi connectivity index (χ0) is 21.0. The summed E-state index contributed by atoms with van der Waals surface area (Å²) in [6, 6.07) is 9.95. The van der Waals surface area contributed by atoms with Gasteiger partial charge in [0.1, 0.15) is 5.67 Å². The first kappa shape index (κ1) is 18.7. The maximum atomic E-state index is 14.9. The second-order valence-electron chi connectivity index (χ2n) is 8.42. The highest BCUT2D eigenvalue weighted by atomic mass is 19.1. The summed E-state index contributed by atoms with van der Waals surface area (Å²) in [6.45, 7) is 1.61. The maximum absolute atomic E-state index is 14.9. The summed E-state index contributed by atoms with van der Waals surface area (Å²) in [5.41, 5.74) is 8.96. The predicted molar refractivity (Wildman–Crippen MR) is 116 cm³/mol. The lowest BCUT2D eigenvalue weighted by Crippen LogP contribution is -2.36. The average Bonchev–Trinajstić information content (AvgIpc) is 3.39. The highest BCUT2D eigenvalue weighted by Gasteiger charge is 2.39. The monoisotopic (exact) mass is 405 g/mol. The molecule has 3 heterocycles. The SMILES string of the molecule is Cn1ccc2cc(-c3cc4c(N[C@@H]5CCC[C@]5(C)F)c(C(N)=O)cnn4c3)ccc21. The largest absolute Gasteiger partial charge is 0.377 e. The maximum Gasteiger partial charge on any atom is 0.252 e. The van der Waals surface area contributed by atoms with Crippen LogP contribution in [0.2, 0.25) is 0 Å². The van der Waals surface area contributed by atoms with Gasteiger partial charge in [-0.2, -0.15) is 5.10 Å². The molecule has 154 valence electrons. The number of carbonyl (C=O) groups is 1. The number of hydrogen-bond acceptors (Lipinski definition) is 3. The van der Waals surface area contributed by atoms with E-state index >= 15 is 0 Å². The molecule has 3 N–H and O–H groups in total. The van der Waals surface area contributed by atoms with Crippen LogP contribution in [0.5, 0.6) is 0 Å². The number of fused-ring (bicyclic) bond motifs is 2. The molecule has 5 rings (SSSR count). The third kappa shape index (κ3) is 2.93. The van der Waals surface area contributed by atoms with E-state index in [0.29, 0.717) is 24.0 Å². The Labute approximate surface area is 173 Å². The highest BCUT2D eigenvalue weighted by molar-refractivity contribution is 6.02. The molecule has 7 heteroatoms. The van der Waals surface area contributed by atoms with Crippen LogP contribution in [0.4, 0.5) is 10.1 Å².